The Morgan fingerprint density at radius 1 is 1.13 bits per heavy atom. The molecule has 116 valence electrons. The molecule has 0 aliphatic carbocycles. The third-order valence-electron chi connectivity index (χ3n) is 3.17. The smallest absolute Gasteiger partial charge is 0.314 e. The largest absolute Gasteiger partial charge is 0.344 e. The van der Waals surface area contributed by atoms with Crippen molar-refractivity contribution in [2.45, 2.75) is 6.54 Å². The van der Waals surface area contributed by atoms with Crippen molar-refractivity contribution in [3.05, 3.63) is 53.2 Å². The molecule has 0 aliphatic heterocycles. The van der Waals surface area contributed by atoms with E-state index >= 15 is 0 Å². The van der Waals surface area contributed by atoms with Gasteiger partial charge in [0.2, 0.25) is 0 Å². The number of anilines is 1. The first-order valence-corrected chi connectivity index (χ1v) is 7.14. The van der Waals surface area contributed by atoms with Gasteiger partial charge in [-0.15, -0.1) is 0 Å². The SMILES string of the molecule is O=C(NCc1ccccc1Cl)C(=O)Nc1[nH]nc2ncccc12. The van der Waals surface area contributed by atoms with Crippen molar-refractivity contribution in [1.29, 1.82) is 0 Å². The minimum atomic E-state index is -0.800. The average Bonchev–Trinajstić information content (AvgIpc) is 2.97. The van der Waals surface area contributed by atoms with Gasteiger partial charge in [0.05, 0.1) is 5.39 Å². The number of aromatic nitrogens is 3. The van der Waals surface area contributed by atoms with Gasteiger partial charge >= 0.3 is 11.8 Å². The molecule has 2 amide bonds. The monoisotopic (exact) mass is 329 g/mol. The van der Waals surface area contributed by atoms with Crippen LogP contribution in [0.5, 0.6) is 0 Å². The molecule has 3 rings (SSSR count). The third kappa shape index (κ3) is 3.29. The van der Waals surface area contributed by atoms with E-state index in [0.717, 1.165) is 5.56 Å². The van der Waals surface area contributed by atoms with Crippen LogP contribution in [-0.4, -0.2) is 27.0 Å². The lowest BCUT2D eigenvalue weighted by atomic mass is 10.2. The highest BCUT2D eigenvalue weighted by molar-refractivity contribution is 6.40. The number of carbonyl (C=O) groups is 2. The highest BCUT2D eigenvalue weighted by Gasteiger charge is 2.16. The van der Waals surface area contributed by atoms with Crippen LogP contribution in [0.2, 0.25) is 5.02 Å². The van der Waals surface area contributed by atoms with Gasteiger partial charge in [-0.05, 0) is 23.8 Å². The van der Waals surface area contributed by atoms with E-state index in [1.807, 2.05) is 0 Å². The summed E-state index contributed by atoms with van der Waals surface area (Å²) < 4.78 is 0. The van der Waals surface area contributed by atoms with Crippen molar-refractivity contribution in [3.8, 4) is 0 Å². The van der Waals surface area contributed by atoms with Gasteiger partial charge in [0, 0.05) is 17.8 Å². The van der Waals surface area contributed by atoms with Crippen LogP contribution in [-0.2, 0) is 16.1 Å². The normalized spacial score (nSPS) is 10.5. The number of rotatable bonds is 3. The molecule has 0 saturated heterocycles. The van der Waals surface area contributed by atoms with Crippen LogP contribution in [0, 0.1) is 0 Å². The van der Waals surface area contributed by atoms with Gasteiger partial charge in [0.1, 0.15) is 5.82 Å². The molecule has 0 saturated carbocycles. The number of nitrogens with one attached hydrogen (secondary N) is 3. The van der Waals surface area contributed by atoms with E-state index in [-0.39, 0.29) is 6.54 Å². The molecule has 8 heteroatoms. The molecule has 2 heterocycles. The van der Waals surface area contributed by atoms with Crippen LogP contribution in [0.1, 0.15) is 5.56 Å². The summed E-state index contributed by atoms with van der Waals surface area (Å²) in [7, 11) is 0. The lowest BCUT2D eigenvalue weighted by Crippen LogP contribution is -2.35. The molecule has 0 atom stereocenters. The van der Waals surface area contributed by atoms with E-state index in [2.05, 4.69) is 25.8 Å². The van der Waals surface area contributed by atoms with Crippen LogP contribution in [0.25, 0.3) is 11.0 Å². The fourth-order valence-electron chi connectivity index (χ4n) is 2.01. The van der Waals surface area contributed by atoms with Gasteiger partial charge < -0.3 is 10.6 Å². The zero-order valence-corrected chi connectivity index (χ0v) is 12.6. The molecule has 2 aromatic heterocycles. The van der Waals surface area contributed by atoms with Crippen molar-refractivity contribution in [2.75, 3.05) is 5.32 Å². The summed E-state index contributed by atoms with van der Waals surface area (Å²) >= 11 is 6.00. The Kier molecular flexibility index (Phi) is 4.20. The van der Waals surface area contributed by atoms with E-state index in [1.54, 1.807) is 42.6 Å². The van der Waals surface area contributed by atoms with E-state index in [1.165, 1.54) is 0 Å². The minimum absolute atomic E-state index is 0.164. The summed E-state index contributed by atoms with van der Waals surface area (Å²) in [6.45, 7) is 0.164. The lowest BCUT2D eigenvalue weighted by molar-refractivity contribution is -0.136. The maximum absolute atomic E-state index is 11.9. The van der Waals surface area contributed by atoms with Crippen LogP contribution < -0.4 is 10.6 Å². The molecular formula is C15H12ClN5O2. The molecule has 23 heavy (non-hydrogen) atoms. The van der Waals surface area contributed by atoms with Crippen LogP contribution in [0.3, 0.4) is 0 Å². The molecule has 0 unspecified atom stereocenters. The first-order valence-electron chi connectivity index (χ1n) is 6.77. The van der Waals surface area contributed by atoms with Gasteiger partial charge in [-0.25, -0.2) is 4.98 Å². The van der Waals surface area contributed by atoms with Crippen molar-refractivity contribution < 1.29 is 9.59 Å². The number of carbonyl (C=O) groups excluding carboxylic acids is 2. The summed E-state index contributed by atoms with van der Waals surface area (Å²) in [5.41, 5.74) is 1.19. The number of H-pyrrole nitrogens is 1. The Bertz CT molecular complexity index is 877. The van der Waals surface area contributed by atoms with Crippen molar-refractivity contribution in [3.63, 3.8) is 0 Å². The Morgan fingerprint density at radius 2 is 1.96 bits per heavy atom. The van der Waals surface area contributed by atoms with Crippen LogP contribution >= 0.6 is 11.6 Å². The molecule has 7 nitrogen and oxygen atoms in total. The quantitative estimate of drug-likeness (QED) is 0.639. The van der Waals surface area contributed by atoms with Crippen molar-refractivity contribution in [2.24, 2.45) is 0 Å². The van der Waals surface area contributed by atoms with Gasteiger partial charge in [-0.3, -0.25) is 14.7 Å². The van der Waals surface area contributed by atoms with Crippen molar-refractivity contribution in [1.82, 2.24) is 20.5 Å². The van der Waals surface area contributed by atoms with E-state index < -0.39 is 11.8 Å². The fourth-order valence-corrected chi connectivity index (χ4v) is 2.22. The predicted molar refractivity (Wildman–Crippen MR) is 85.8 cm³/mol. The van der Waals surface area contributed by atoms with Gasteiger partial charge in [-0.1, -0.05) is 29.8 Å². The maximum Gasteiger partial charge on any atom is 0.314 e. The summed E-state index contributed by atoms with van der Waals surface area (Å²) in [6.07, 6.45) is 1.59. The van der Waals surface area contributed by atoms with Gasteiger partial charge in [-0.2, -0.15) is 5.10 Å². The number of amides is 2. The second-order valence-electron chi connectivity index (χ2n) is 4.70. The highest BCUT2D eigenvalue weighted by atomic mass is 35.5. The summed E-state index contributed by atoms with van der Waals surface area (Å²) in [5, 5.41) is 12.7. The first-order chi connectivity index (χ1) is 11.1. The van der Waals surface area contributed by atoms with E-state index in [4.69, 9.17) is 11.6 Å². The van der Waals surface area contributed by atoms with Gasteiger partial charge in [0.25, 0.3) is 0 Å². The molecular weight excluding hydrogens is 318 g/mol. The Hall–Kier alpha value is -2.93. The minimum Gasteiger partial charge on any atom is -0.344 e. The maximum atomic E-state index is 11.9. The lowest BCUT2D eigenvalue weighted by Gasteiger charge is -2.07. The summed E-state index contributed by atoms with van der Waals surface area (Å²) in [4.78, 5) is 27.8. The van der Waals surface area contributed by atoms with E-state index in [9.17, 15) is 9.59 Å². The van der Waals surface area contributed by atoms with Crippen LogP contribution in [0.4, 0.5) is 5.82 Å². The highest BCUT2D eigenvalue weighted by Crippen LogP contribution is 2.17. The van der Waals surface area contributed by atoms with E-state index in [0.29, 0.717) is 21.9 Å². The molecule has 0 fully saturated rings. The predicted octanol–water partition coefficient (Wildman–Crippen LogP) is 1.87. The van der Waals surface area contributed by atoms with Crippen molar-refractivity contribution >= 4 is 40.3 Å². The number of pyridine rings is 1. The summed E-state index contributed by atoms with van der Waals surface area (Å²) in [6, 6.07) is 10.5. The zero-order chi connectivity index (χ0) is 16.2. The Balaban J connectivity index is 1.64. The number of nitrogens with zero attached hydrogens (tertiary/aromatic N) is 2. The van der Waals surface area contributed by atoms with Crippen LogP contribution in [0.15, 0.2) is 42.6 Å². The number of halogens is 1. The molecule has 3 N–H and O–H groups in total. The molecule has 1 aromatic carbocycles. The number of hydrogen-bond donors (Lipinski definition) is 3. The molecule has 0 bridgehead atoms. The number of fused-ring (bicyclic) bond motifs is 1. The molecule has 0 aliphatic rings. The fraction of sp³-hybridized carbons (Fsp3) is 0.0667. The third-order valence-corrected chi connectivity index (χ3v) is 3.54. The molecule has 0 radical (unpaired) electrons. The number of hydrogen-bond acceptors (Lipinski definition) is 4. The molecule has 0 spiro atoms. The average molecular weight is 330 g/mol. The Morgan fingerprint density at radius 3 is 2.78 bits per heavy atom. The number of benzene rings is 1. The standard InChI is InChI=1S/C15H12ClN5O2/c16-11-6-2-1-4-9(11)8-18-14(22)15(23)19-13-10-5-3-7-17-12(10)20-21-13/h1-7H,8H2,(H,18,22)(H2,17,19,20,21,23). The summed E-state index contributed by atoms with van der Waals surface area (Å²) in [5.74, 6) is -1.24. The van der Waals surface area contributed by atoms with Gasteiger partial charge in [0.15, 0.2) is 5.65 Å². The molecule has 3 aromatic rings. The second-order valence-corrected chi connectivity index (χ2v) is 5.11. The second kappa shape index (κ2) is 6.45. The first kappa shape index (κ1) is 15.0. The Labute approximate surface area is 136 Å². The topological polar surface area (TPSA) is 99.8 Å². The zero-order valence-electron chi connectivity index (χ0n) is 11.8. The number of aromatic amines is 1.